The number of hydrogen-bond acceptors (Lipinski definition) is 4. The predicted octanol–water partition coefficient (Wildman–Crippen LogP) is 1.48. The Morgan fingerprint density at radius 2 is 1.95 bits per heavy atom. The minimum Gasteiger partial charge on any atom is -0.374 e. The SMILES string of the molecule is CC(C(=O)NC1CCCCCC1)N1CCOC(CN(C)C)C1. The fourth-order valence-electron chi connectivity index (χ4n) is 3.52. The molecule has 128 valence electrons. The molecule has 2 fully saturated rings. The summed E-state index contributed by atoms with van der Waals surface area (Å²) >= 11 is 0. The minimum absolute atomic E-state index is 0.0585. The van der Waals surface area contributed by atoms with E-state index in [9.17, 15) is 4.79 Å². The van der Waals surface area contributed by atoms with Crippen LogP contribution in [0.2, 0.25) is 0 Å². The second kappa shape index (κ2) is 8.85. The first-order chi connectivity index (χ1) is 10.6. The second-order valence-corrected chi connectivity index (χ2v) is 7.12. The van der Waals surface area contributed by atoms with Crippen molar-refractivity contribution in [2.75, 3.05) is 40.3 Å². The maximum atomic E-state index is 12.5. The number of nitrogens with zero attached hydrogens (tertiary/aromatic N) is 2. The molecule has 2 rings (SSSR count). The lowest BCUT2D eigenvalue weighted by molar-refractivity contribution is -0.130. The molecule has 5 nitrogen and oxygen atoms in total. The molecule has 1 N–H and O–H groups in total. The van der Waals surface area contributed by atoms with E-state index in [2.05, 4.69) is 29.2 Å². The molecule has 0 bridgehead atoms. The summed E-state index contributed by atoms with van der Waals surface area (Å²) in [6.45, 7) is 5.36. The monoisotopic (exact) mass is 311 g/mol. The molecular formula is C17H33N3O2. The largest absolute Gasteiger partial charge is 0.374 e. The van der Waals surface area contributed by atoms with Gasteiger partial charge in [-0.3, -0.25) is 9.69 Å². The van der Waals surface area contributed by atoms with Gasteiger partial charge in [-0.2, -0.15) is 0 Å². The quantitative estimate of drug-likeness (QED) is 0.781. The fourth-order valence-corrected chi connectivity index (χ4v) is 3.52. The molecule has 0 aromatic heterocycles. The number of rotatable bonds is 5. The van der Waals surface area contributed by atoms with Crippen molar-refractivity contribution < 1.29 is 9.53 Å². The molecule has 5 heteroatoms. The zero-order valence-electron chi connectivity index (χ0n) is 14.5. The van der Waals surface area contributed by atoms with Crippen molar-refractivity contribution in [3.8, 4) is 0 Å². The summed E-state index contributed by atoms with van der Waals surface area (Å²) in [4.78, 5) is 17.0. The van der Waals surface area contributed by atoms with Gasteiger partial charge < -0.3 is 15.0 Å². The van der Waals surface area contributed by atoms with Crippen molar-refractivity contribution in [1.82, 2.24) is 15.1 Å². The van der Waals surface area contributed by atoms with Gasteiger partial charge in [-0.15, -0.1) is 0 Å². The summed E-state index contributed by atoms with van der Waals surface area (Å²) in [6, 6.07) is 0.327. The van der Waals surface area contributed by atoms with Gasteiger partial charge in [0.2, 0.25) is 5.91 Å². The molecule has 1 aliphatic carbocycles. The molecule has 22 heavy (non-hydrogen) atoms. The molecule has 1 aliphatic heterocycles. The van der Waals surface area contributed by atoms with Crippen LogP contribution in [-0.2, 0) is 9.53 Å². The average molecular weight is 311 g/mol. The third kappa shape index (κ3) is 5.52. The number of morpholine rings is 1. The van der Waals surface area contributed by atoms with Crippen molar-refractivity contribution in [1.29, 1.82) is 0 Å². The normalized spacial score (nSPS) is 26.6. The van der Waals surface area contributed by atoms with Crippen LogP contribution in [0.25, 0.3) is 0 Å². The van der Waals surface area contributed by atoms with E-state index in [1.165, 1.54) is 25.7 Å². The number of nitrogens with one attached hydrogen (secondary N) is 1. The number of likely N-dealkylation sites (N-methyl/N-ethyl adjacent to an activating group) is 1. The van der Waals surface area contributed by atoms with Gasteiger partial charge in [-0.05, 0) is 33.9 Å². The summed E-state index contributed by atoms with van der Waals surface area (Å²) in [5.74, 6) is 0.192. The smallest absolute Gasteiger partial charge is 0.237 e. The Balaban J connectivity index is 1.81. The van der Waals surface area contributed by atoms with E-state index in [1.807, 2.05) is 6.92 Å². The van der Waals surface area contributed by atoms with Crippen molar-refractivity contribution in [3.05, 3.63) is 0 Å². The highest BCUT2D eigenvalue weighted by Gasteiger charge is 2.29. The van der Waals surface area contributed by atoms with E-state index in [0.29, 0.717) is 6.04 Å². The zero-order chi connectivity index (χ0) is 15.9. The summed E-state index contributed by atoms with van der Waals surface area (Å²) in [5.41, 5.74) is 0. The maximum Gasteiger partial charge on any atom is 0.237 e. The molecule has 1 heterocycles. The third-order valence-corrected chi connectivity index (χ3v) is 4.87. The molecule has 0 radical (unpaired) electrons. The van der Waals surface area contributed by atoms with Crippen LogP contribution in [0.3, 0.4) is 0 Å². The van der Waals surface area contributed by atoms with E-state index in [-0.39, 0.29) is 18.1 Å². The summed E-state index contributed by atoms with van der Waals surface area (Å²) < 4.78 is 5.80. The Bertz CT molecular complexity index is 341. The number of carbonyl (C=O) groups excluding carboxylic acids is 1. The fraction of sp³-hybridized carbons (Fsp3) is 0.941. The van der Waals surface area contributed by atoms with Gasteiger partial charge in [0, 0.05) is 25.7 Å². The Hall–Kier alpha value is -0.650. The first kappa shape index (κ1) is 17.7. The van der Waals surface area contributed by atoms with Gasteiger partial charge in [0.25, 0.3) is 0 Å². The van der Waals surface area contributed by atoms with Crippen molar-refractivity contribution in [3.63, 3.8) is 0 Å². The van der Waals surface area contributed by atoms with Gasteiger partial charge in [0.15, 0.2) is 0 Å². The first-order valence-electron chi connectivity index (χ1n) is 8.87. The van der Waals surface area contributed by atoms with E-state index in [4.69, 9.17) is 4.74 Å². The molecular weight excluding hydrogens is 278 g/mol. The van der Waals surface area contributed by atoms with Crippen LogP contribution < -0.4 is 5.32 Å². The topological polar surface area (TPSA) is 44.8 Å². The molecule has 1 saturated heterocycles. The van der Waals surface area contributed by atoms with Crippen LogP contribution in [-0.4, -0.2) is 74.2 Å². The van der Waals surface area contributed by atoms with E-state index < -0.39 is 0 Å². The van der Waals surface area contributed by atoms with Crippen LogP contribution in [0, 0.1) is 0 Å². The van der Waals surface area contributed by atoms with Crippen LogP contribution in [0.1, 0.15) is 45.4 Å². The van der Waals surface area contributed by atoms with E-state index >= 15 is 0 Å². The van der Waals surface area contributed by atoms with Gasteiger partial charge >= 0.3 is 0 Å². The van der Waals surface area contributed by atoms with E-state index in [1.54, 1.807) is 0 Å². The Labute approximate surface area is 135 Å². The van der Waals surface area contributed by atoms with Crippen LogP contribution in [0.5, 0.6) is 0 Å². The summed E-state index contributed by atoms with van der Waals surface area (Å²) in [5, 5.41) is 3.28. The van der Waals surface area contributed by atoms with Gasteiger partial charge in [0.05, 0.1) is 18.8 Å². The maximum absolute atomic E-state index is 12.5. The highest BCUT2D eigenvalue weighted by atomic mass is 16.5. The molecule has 1 saturated carbocycles. The van der Waals surface area contributed by atoms with Gasteiger partial charge in [-0.25, -0.2) is 0 Å². The van der Waals surface area contributed by atoms with Crippen LogP contribution in [0.15, 0.2) is 0 Å². The standard InChI is InChI=1S/C17H33N3O2/c1-14(17(21)18-15-8-6-4-5-7-9-15)20-10-11-22-16(13-20)12-19(2)3/h14-16H,4-13H2,1-3H3,(H,18,21). The average Bonchev–Trinajstić information content (AvgIpc) is 2.74. The van der Waals surface area contributed by atoms with Gasteiger partial charge in [0.1, 0.15) is 0 Å². The highest BCUT2D eigenvalue weighted by Crippen LogP contribution is 2.18. The molecule has 2 atom stereocenters. The van der Waals surface area contributed by atoms with Crippen LogP contribution in [0.4, 0.5) is 0 Å². The van der Waals surface area contributed by atoms with E-state index in [0.717, 1.165) is 39.1 Å². The second-order valence-electron chi connectivity index (χ2n) is 7.12. The minimum atomic E-state index is -0.0585. The Morgan fingerprint density at radius 3 is 2.59 bits per heavy atom. The molecule has 0 spiro atoms. The number of carbonyl (C=O) groups is 1. The Morgan fingerprint density at radius 1 is 1.27 bits per heavy atom. The van der Waals surface area contributed by atoms with Crippen molar-refractivity contribution >= 4 is 5.91 Å². The molecule has 1 amide bonds. The third-order valence-electron chi connectivity index (χ3n) is 4.87. The number of hydrogen-bond donors (Lipinski definition) is 1. The highest BCUT2D eigenvalue weighted by molar-refractivity contribution is 5.81. The van der Waals surface area contributed by atoms with Crippen molar-refractivity contribution in [2.45, 2.75) is 63.6 Å². The lowest BCUT2D eigenvalue weighted by Crippen LogP contribution is -2.55. The predicted molar refractivity (Wildman–Crippen MR) is 89.0 cm³/mol. The number of amides is 1. The molecule has 0 aromatic carbocycles. The zero-order valence-corrected chi connectivity index (χ0v) is 14.5. The van der Waals surface area contributed by atoms with Gasteiger partial charge in [-0.1, -0.05) is 25.7 Å². The lowest BCUT2D eigenvalue weighted by Gasteiger charge is -2.37. The number of ether oxygens (including phenoxy) is 1. The molecule has 2 unspecified atom stereocenters. The Kier molecular flexibility index (Phi) is 7.12. The first-order valence-corrected chi connectivity index (χ1v) is 8.87. The van der Waals surface area contributed by atoms with Crippen LogP contribution >= 0.6 is 0 Å². The lowest BCUT2D eigenvalue weighted by atomic mass is 10.1. The summed E-state index contributed by atoms with van der Waals surface area (Å²) in [7, 11) is 4.12. The van der Waals surface area contributed by atoms with Crippen molar-refractivity contribution in [2.24, 2.45) is 0 Å². The molecule has 0 aromatic rings. The summed E-state index contributed by atoms with van der Waals surface area (Å²) in [6.07, 6.45) is 7.63. The molecule has 2 aliphatic rings.